The third kappa shape index (κ3) is 113. The second-order valence-electron chi connectivity index (χ2n) is 2.93. The van der Waals surface area contributed by atoms with Crippen molar-refractivity contribution in [1.29, 1.82) is 0 Å². The highest BCUT2D eigenvalue weighted by Crippen LogP contribution is 1.71. The van der Waals surface area contributed by atoms with Crippen LogP contribution < -0.4 is 10.6 Å². The molecule has 2 N–H and O–H groups in total. The van der Waals surface area contributed by atoms with Gasteiger partial charge in [0.2, 0.25) is 5.91 Å². The number of amides is 1. The van der Waals surface area contributed by atoms with Crippen LogP contribution >= 0.6 is 0 Å². The Labute approximate surface area is 114 Å². The van der Waals surface area contributed by atoms with Crippen LogP contribution in [0.1, 0.15) is 27.2 Å². The van der Waals surface area contributed by atoms with E-state index in [4.69, 9.17) is 0 Å². The van der Waals surface area contributed by atoms with Crippen LogP contribution in [0.5, 0.6) is 0 Å². The van der Waals surface area contributed by atoms with Crippen molar-refractivity contribution in [3.8, 4) is 0 Å². The summed E-state index contributed by atoms with van der Waals surface area (Å²) in [5.41, 5.74) is 0. The van der Waals surface area contributed by atoms with Crippen molar-refractivity contribution < 1.29 is 18.0 Å². The minimum absolute atomic E-state index is 0.00463. The predicted octanol–water partition coefficient (Wildman–Crippen LogP) is 0.500. The van der Waals surface area contributed by atoms with Crippen LogP contribution in [0.2, 0.25) is 0 Å². The maximum absolute atomic E-state index is 9.81. The molecule has 0 heterocycles. The molecule has 7 heteroatoms. The first-order valence-electron chi connectivity index (χ1n) is 5.37. The van der Waals surface area contributed by atoms with Gasteiger partial charge in [-0.2, -0.15) is 0 Å². The third-order valence-corrected chi connectivity index (χ3v) is 1.55. The van der Waals surface area contributed by atoms with Crippen molar-refractivity contribution in [2.75, 3.05) is 34.5 Å². The van der Waals surface area contributed by atoms with Gasteiger partial charge in [0.1, 0.15) is 5.78 Å². The first-order chi connectivity index (χ1) is 8.22. The van der Waals surface area contributed by atoms with Gasteiger partial charge in [-0.3, -0.25) is 8.98 Å². The summed E-state index contributed by atoms with van der Waals surface area (Å²) in [5.74, 6) is 0.259. The highest BCUT2D eigenvalue weighted by atomic mass is 32.2. The molecule has 0 fully saturated rings. The van der Waals surface area contributed by atoms with Gasteiger partial charge in [-0.25, -0.2) is 4.21 Å². The van der Waals surface area contributed by atoms with Gasteiger partial charge in [0.15, 0.2) is 11.1 Å². The van der Waals surface area contributed by atoms with E-state index in [1.165, 1.54) is 20.3 Å². The largest absolute Gasteiger partial charge is 0.359 e. The van der Waals surface area contributed by atoms with Crippen molar-refractivity contribution >= 4 is 22.8 Å². The minimum atomic E-state index is -1.07. The van der Waals surface area contributed by atoms with E-state index in [2.05, 4.69) is 14.8 Å². The molecular formula is C11H28N2O4S. The Morgan fingerprint density at radius 1 is 1.17 bits per heavy atom. The quantitative estimate of drug-likeness (QED) is 0.771. The number of carbonyl (C=O) groups is 2. The highest BCUT2D eigenvalue weighted by molar-refractivity contribution is 7.79. The van der Waals surface area contributed by atoms with Gasteiger partial charge in [-0.1, -0.05) is 6.92 Å². The minimum Gasteiger partial charge on any atom is -0.359 e. The first kappa shape index (κ1) is 25.9. The fourth-order valence-corrected chi connectivity index (χ4v) is 0. The van der Waals surface area contributed by atoms with Gasteiger partial charge >= 0.3 is 0 Å². The van der Waals surface area contributed by atoms with Crippen LogP contribution in [0, 0.1) is 0 Å². The fourth-order valence-electron chi connectivity index (χ4n) is 0. The first-order valence-corrected chi connectivity index (χ1v) is 6.85. The van der Waals surface area contributed by atoms with Gasteiger partial charge in [0.25, 0.3) is 0 Å². The molecule has 112 valence electrons. The van der Waals surface area contributed by atoms with E-state index in [9.17, 15) is 13.8 Å². The molecule has 0 aliphatic rings. The Hall–Kier alpha value is -0.790. The Bertz CT molecular complexity index is 178. The van der Waals surface area contributed by atoms with Gasteiger partial charge in [-0.15, -0.1) is 0 Å². The Balaban J connectivity index is -0.0000000739. The van der Waals surface area contributed by atoms with E-state index in [-0.39, 0.29) is 11.7 Å². The van der Waals surface area contributed by atoms with Crippen LogP contribution in [-0.2, 0) is 24.9 Å². The maximum Gasteiger partial charge on any atom is 0.216 e. The zero-order valence-corrected chi connectivity index (χ0v) is 13.6. The molecule has 0 bridgehead atoms. The molecule has 0 aromatic carbocycles. The molecule has 0 saturated heterocycles. The number of hydrogen-bond donors (Lipinski definition) is 2. The average molecular weight is 284 g/mol. The topological polar surface area (TPSA) is 84.5 Å². The normalized spacial score (nSPS) is 9.11. The molecule has 0 saturated carbocycles. The van der Waals surface area contributed by atoms with Crippen LogP contribution in [0.3, 0.4) is 0 Å². The number of rotatable bonds is 2. The molecule has 0 aliphatic heterocycles. The molecule has 0 rings (SSSR count). The van der Waals surface area contributed by atoms with Crippen LogP contribution in [0.4, 0.5) is 0 Å². The van der Waals surface area contributed by atoms with Crippen molar-refractivity contribution in [2.24, 2.45) is 0 Å². The summed E-state index contributed by atoms with van der Waals surface area (Å²) in [5, 5.41) is 5.14. The van der Waals surface area contributed by atoms with E-state index < -0.39 is 11.1 Å². The molecule has 1 atom stereocenters. The molecule has 6 nitrogen and oxygen atoms in total. The van der Waals surface area contributed by atoms with Crippen molar-refractivity contribution in [1.82, 2.24) is 10.6 Å². The smallest absolute Gasteiger partial charge is 0.216 e. The molecule has 18 heavy (non-hydrogen) atoms. The molecule has 1 amide bonds. The molecule has 0 spiro atoms. The lowest BCUT2D eigenvalue weighted by Crippen LogP contribution is -2.11. The summed E-state index contributed by atoms with van der Waals surface area (Å²) in [4.78, 5) is 19.5. The van der Waals surface area contributed by atoms with Crippen molar-refractivity contribution in [3.05, 3.63) is 0 Å². The number of ketones is 1. The summed E-state index contributed by atoms with van der Waals surface area (Å²) >= 11 is -1.07. The lowest BCUT2D eigenvalue weighted by atomic mass is 10.4. The fraction of sp³-hybridized carbons (Fsp3) is 0.818. The monoisotopic (exact) mass is 284 g/mol. The summed E-state index contributed by atoms with van der Waals surface area (Å²) in [6.45, 7) is 4.91. The van der Waals surface area contributed by atoms with Gasteiger partial charge < -0.3 is 15.4 Å². The van der Waals surface area contributed by atoms with Crippen LogP contribution in [0.25, 0.3) is 0 Å². The standard InChI is InChI=1S/C4H8O.C3H7NO.C2H7N.C2H6O2S/c1-3-4(2)5;1-3(5)4-2;1-3-2;1-4-5(2)3/h3H2,1-2H3;1-2H3,(H,4,5);3H,1-2H3;1-2H3. The van der Waals surface area contributed by atoms with Crippen LogP contribution in [0.15, 0.2) is 0 Å². The van der Waals surface area contributed by atoms with E-state index in [0.29, 0.717) is 6.42 Å². The van der Waals surface area contributed by atoms with Gasteiger partial charge in [0.05, 0.1) is 7.11 Å². The number of hydrogen-bond acceptors (Lipinski definition) is 5. The summed E-state index contributed by atoms with van der Waals surface area (Å²) in [6.07, 6.45) is 2.14. The number of Topliss-reactive ketones (excluding diaryl/α,β-unsaturated/α-hetero) is 1. The van der Waals surface area contributed by atoms with E-state index in [1.807, 2.05) is 21.0 Å². The lowest BCUT2D eigenvalue weighted by molar-refractivity contribution is -0.118. The van der Waals surface area contributed by atoms with Crippen molar-refractivity contribution in [2.45, 2.75) is 27.2 Å². The molecular weight excluding hydrogens is 256 g/mol. The Kier molecular flexibility index (Phi) is 36.2. The highest BCUT2D eigenvalue weighted by Gasteiger charge is 1.77. The zero-order chi connectivity index (χ0) is 15.6. The second kappa shape index (κ2) is 25.2. The number of carbonyl (C=O) groups excluding carboxylic acids is 2. The third-order valence-electron chi connectivity index (χ3n) is 1.08. The zero-order valence-electron chi connectivity index (χ0n) is 12.7. The van der Waals surface area contributed by atoms with Crippen LogP contribution in [-0.4, -0.2) is 50.4 Å². The molecule has 0 radical (unpaired) electrons. The Morgan fingerprint density at radius 3 is 1.33 bits per heavy atom. The molecule has 1 unspecified atom stereocenters. The van der Waals surface area contributed by atoms with E-state index >= 15 is 0 Å². The van der Waals surface area contributed by atoms with Crippen molar-refractivity contribution in [3.63, 3.8) is 0 Å². The average Bonchev–Trinajstić information content (AvgIpc) is 2.31. The maximum atomic E-state index is 9.81. The Morgan fingerprint density at radius 2 is 1.33 bits per heavy atom. The molecule has 0 aromatic heterocycles. The van der Waals surface area contributed by atoms with E-state index in [0.717, 1.165) is 0 Å². The van der Waals surface area contributed by atoms with Gasteiger partial charge in [0, 0.05) is 26.6 Å². The summed E-state index contributed by atoms with van der Waals surface area (Å²) in [6, 6.07) is 0. The SMILES string of the molecule is CCC(C)=O.CNC.CNC(C)=O.COS(C)=O. The van der Waals surface area contributed by atoms with Gasteiger partial charge in [-0.05, 0) is 21.0 Å². The lowest BCUT2D eigenvalue weighted by Gasteiger charge is -1.80. The number of nitrogens with one attached hydrogen (secondary N) is 2. The molecule has 0 aromatic rings. The second-order valence-corrected chi connectivity index (χ2v) is 4.07. The summed E-state index contributed by atoms with van der Waals surface area (Å²) < 4.78 is 13.9. The summed E-state index contributed by atoms with van der Waals surface area (Å²) in [7, 11) is 6.75. The van der Waals surface area contributed by atoms with E-state index in [1.54, 1.807) is 14.0 Å². The predicted molar refractivity (Wildman–Crippen MR) is 76.8 cm³/mol. The molecule has 0 aliphatic carbocycles.